The van der Waals surface area contributed by atoms with Crippen molar-refractivity contribution in [2.24, 2.45) is 0 Å². The summed E-state index contributed by atoms with van der Waals surface area (Å²) in [7, 11) is 1.54. The minimum absolute atomic E-state index is 0.281. The van der Waals surface area contributed by atoms with E-state index in [1.54, 1.807) is 25.5 Å². The topological polar surface area (TPSA) is 84.9 Å². The Morgan fingerprint density at radius 2 is 1.82 bits per heavy atom. The molecule has 1 fully saturated rings. The van der Waals surface area contributed by atoms with Crippen LogP contribution in [0.1, 0.15) is 37.0 Å². The summed E-state index contributed by atoms with van der Waals surface area (Å²) in [4.78, 5) is 24.7. The lowest BCUT2D eigenvalue weighted by molar-refractivity contribution is -0.140. The number of ether oxygens (including phenoxy) is 2. The first-order chi connectivity index (χ1) is 18.2. The number of anilines is 1. The number of carbonyl (C=O) groups excluding carboxylic acids is 1. The number of rotatable bonds is 8. The molecule has 4 aromatic rings. The summed E-state index contributed by atoms with van der Waals surface area (Å²) in [6, 6.07) is 14.1. The quantitative estimate of drug-likeness (QED) is 0.222. The predicted octanol–water partition coefficient (Wildman–Crippen LogP) is 8.37. The van der Waals surface area contributed by atoms with Gasteiger partial charge in [0.2, 0.25) is 0 Å². The maximum absolute atomic E-state index is 14.3. The van der Waals surface area contributed by atoms with Gasteiger partial charge in [-0.2, -0.15) is 15.7 Å². The Morgan fingerprint density at radius 3 is 2.42 bits per heavy atom. The summed E-state index contributed by atoms with van der Waals surface area (Å²) < 4.78 is 25.4. The number of benzene rings is 2. The molecular weight excluding hydrogens is 549 g/mol. The van der Waals surface area contributed by atoms with Gasteiger partial charge < -0.3 is 14.6 Å². The second-order valence-electron chi connectivity index (χ2n) is 9.02. The molecule has 1 amide bonds. The molecule has 5 rings (SSSR count). The smallest absolute Gasteiger partial charge is 0.412 e. The van der Waals surface area contributed by atoms with Gasteiger partial charge in [0.25, 0.3) is 0 Å². The number of methoxy groups -OCH3 is 1. The number of halogens is 2. The Hall–Kier alpha value is -3.40. The van der Waals surface area contributed by atoms with Gasteiger partial charge >= 0.3 is 12.1 Å². The van der Waals surface area contributed by atoms with E-state index in [4.69, 9.17) is 21.1 Å². The Bertz CT molecular complexity index is 1510. The lowest BCUT2D eigenvalue weighted by atomic mass is 9.93. The summed E-state index contributed by atoms with van der Waals surface area (Å²) in [5, 5.41) is 15.8. The van der Waals surface area contributed by atoms with Crippen molar-refractivity contribution in [2.45, 2.75) is 31.3 Å². The van der Waals surface area contributed by atoms with Crippen LogP contribution < -0.4 is 10.1 Å². The molecule has 2 aromatic carbocycles. The number of carboxylic acid groups (broad SMARTS) is 1. The molecule has 196 valence electrons. The van der Waals surface area contributed by atoms with Crippen molar-refractivity contribution < 1.29 is 28.6 Å². The molecule has 0 aliphatic heterocycles. The molecule has 2 aromatic heterocycles. The monoisotopic (exact) mass is 571 g/mol. The molecule has 2 heterocycles. The van der Waals surface area contributed by atoms with Crippen LogP contribution in [0.3, 0.4) is 0 Å². The molecule has 0 saturated heterocycles. The van der Waals surface area contributed by atoms with Crippen molar-refractivity contribution >= 4 is 52.0 Å². The van der Waals surface area contributed by atoms with E-state index >= 15 is 0 Å². The highest BCUT2D eigenvalue weighted by Gasteiger charge is 2.51. The summed E-state index contributed by atoms with van der Waals surface area (Å²) in [5.74, 6) is -0.244. The van der Waals surface area contributed by atoms with E-state index in [1.165, 1.54) is 17.4 Å². The third kappa shape index (κ3) is 5.01. The molecule has 1 aliphatic carbocycles. The van der Waals surface area contributed by atoms with Crippen LogP contribution in [0.2, 0.25) is 5.02 Å². The van der Waals surface area contributed by atoms with Gasteiger partial charge in [-0.1, -0.05) is 48.0 Å². The maximum Gasteiger partial charge on any atom is 0.412 e. The van der Waals surface area contributed by atoms with Crippen molar-refractivity contribution in [3.05, 3.63) is 80.6 Å². The van der Waals surface area contributed by atoms with Crippen LogP contribution in [0.15, 0.2) is 59.3 Å². The van der Waals surface area contributed by atoms with E-state index in [9.17, 15) is 19.1 Å². The molecule has 38 heavy (non-hydrogen) atoms. The standard InChI is InChI=1S/C28H23ClFNO5S2/c1-15(20-13-37-14-21(20)29)36-27(34)31-22-12-24(30)38-25(22)17-5-8-19(23(11-17)35-2)16-3-6-18(7-4-16)28(9-10-28)26(32)33/h3-8,11-15H,9-10H2,1-2H3,(H,31,34)(H,32,33). The van der Waals surface area contributed by atoms with Crippen LogP contribution in [0.25, 0.3) is 21.6 Å². The van der Waals surface area contributed by atoms with Gasteiger partial charge in [0.1, 0.15) is 11.9 Å². The molecular formula is C28H23ClFNO5S2. The van der Waals surface area contributed by atoms with Gasteiger partial charge in [0.05, 0.1) is 28.1 Å². The maximum atomic E-state index is 14.3. The second kappa shape index (κ2) is 10.4. The normalized spacial score (nSPS) is 14.5. The predicted molar refractivity (Wildman–Crippen MR) is 148 cm³/mol. The number of nitrogens with one attached hydrogen (secondary N) is 1. The lowest BCUT2D eigenvalue weighted by Crippen LogP contribution is -2.19. The van der Waals surface area contributed by atoms with Crippen LogP contribution in [0.5, 0.6) is 5.75 Å². The third-order valence-corrected chi connectivity index (χ3v) is 8.87. The molecule has 0 spiro atoms. The number of thiophene rings is 2. The molecule has 1 unspecified atom stereocenters. The summed E-state index contributed by atoms with van der Waals surface area (Å²) in [5.41, 5.74) is 3.32. The number of hydrogen-bond donors (Lipinski definition) is 2. The SMILES string of the molecule is COc1cc(-c2sc(F)cc2NC(=O)OC(C)c2cscc2Cl)ccc1-c1ccc(C2(C(=O)O)CC2)cc1. The van der Waals surface area contributed by atoms with Crippen LogP contribution in [-0.4, -0.2) is 24.3 Å². The number of hydrogen-bond acceptors (Lipinski definition) is 6. The molecule has 0 bridgehead atoms. The molecule has 2 N–H and O–H groups in total. The van der Waals surface area contributed by atoms with Gasteiger partial charge in [0, 0.05) is 22.6 Å². The number of carboxylic acids is 1. The molecule has 1 saturated carbocycles. The largest absolute Gasteiger partial charge is 0.496 e. The fraction of sp³-hybridized carbons (Fsp3) is 0.214. The van der Waals surface area contributed by atoms with Crippen molar-refractivity contribution in [3.63, 3.8) is 0 Å². The summed E-state index contributed by atoms with van der Waals surface area (Å²) in [6.07, 6.45) is -0.0162. The molecule has 1 atom stereocenters. The van der Waals surface area contributed by atoms with Gasteiger partial charge in [-0.3, -0.25) is 10.1 Å². The number of carbonyl (C=O) groups is 2. The minimum atomic E-state index is -0.798. The Balaban J connectivity index is 1.37. The van der Waals surface area contributed by atoms with Gasteiger partial charge in [0.15, 0.2) is 5.13 Å². The molecule has 6 nitrogen and oxygen atoms in total. The van der Waals surface area contributed by atoms with E-state index in [0.717, 1.165) is 28.0 Å². The molecule has 10 heteroatoms. The minimum Gasteiger partial charge on any atom is -0.496 e. The third-order valence-electron chi connectivity index (χ3n) is 6.67. The Labute approximate surface area is 231 Å². The van der Waals surface area contributed by atoms with Crippen LogP contribution in [0, 0.1) is 5.13 Å². The highest BCUT2D eigenvalue weighted by Crippen LogP contribution is 2.49. The summed E-state index contributed by atoms with van der Waals surface area (Å²) >= 11 is 8.44. The first-order valence-electron chi connectivity index (χ1n) is 11.7. The number of amides is 1. The van der Waals surface area contributed by atoms with Crippen molar-refractivity contribution in [1.82, 2.24) is 0 Å². The number of aliphatic carboxylic acids is 1. The van der Waals surface area contributed by atoms with E-state index in [1.807, 2.05) is 41.8 Å². The zero-order valence-electron chi connectivity index (χ0n) is 20.4. The molecule has 0 radical (unpaired) electrons. The van der Waals surface area contributed by atoms with Crippen molar-refractivity contribution in [3.8, 4) is 27.3 Å². The van der Waals surface area contributed by atoms with Gasteiger partial charge in [-0.05, 0) is 47.9 Å². The van der Waals surface area contributed by atoms with E-state index in [-0.39, 0.29) is 5.69 Å². The first kappa shape index (κ1) is 26.2. The zero-order valence-corrected chi connectivity index (χ0v) is 22.8. The van der Waals surface area contributed by atoms with Gasteiger partial charge in [-0.15, -0.1) is 11.3 Å². The van der Waals surface area contributed by atoms with Crippen molar-refractivity contribution in [1.29, 1.82) is 0 Å². The highest BCUT2D eigenvalue weighted by molar-refractivity contribution is 7.14. The van der Waals surface area contributed by atoms with Crippen LogP contribution in [0.4, 0.5) is 14.9 Å². The average molecular weight is 572 g/mol. The van der Waals surface area contributed by atoms with E-state index in [0.29, 0.717) is 39.6 Å². The average Bonchev–Trinajstić information content (AvgIpc) is 3.48. The van der Waals surface area contributed by atoms with E-state index < -0.39 is 28.7 Å². The second-order valence-corrected chi connectivity index (χ2v) is 11.2. The van der Waals surface area contributed by atoms with Crippen molar-refractivity contribution in [2.75, 3.05) is 12.4 Å². The summed E-state index contributed by atoms with van der Waals surface area (Å²) in [6.45, 7) is 1.71. The Kier molecular flexibility index (Phi) is 7.17. The van der Waals surface area contributed by atoms with Gasteiger partial charge in [-0.25, -0.2) is 4.79 Å². The lowest BCUT2D eigenvalue weighted by Gasteiger charge is -2.15. The fourth-order valence-electron chi connectivity index (χ4n) is 4.40. The zero-order chi connectivity index (χ0) is 27.0. The fourth-order valence-corrected chi connectivity index (χ4v) is 6.46. The van der Waals surface area contributed by atoms with E-state index in [2.05, 4.69) is 5.32 Å². The Morgan fingerprint density at radius 1 is 1.11 bits per heavy atom. The highest BCUT2D eigenvalue weighted by atomic mass is 35.5. The van der Waals surface area contributed by atoms with Crippen LogP contribution in [-0.2, 0) is 14.9 Å². The van der Waals surface area contributed by atoms with Crippen LogP contribution >= 0.6 is 34.3 Å². The molecule has 1 aliphatic rings. The first-order valence-corrected chi connectivity index (χ1v) is 13.9.